The highest BCUT2D eigenvalue weighted by Gasteiger charge is 2.21. The molecule has 2 N–H and O–H groups in total. The van der Waals surface area contributed by atoms with E-state index in [1.165, 1.54) is 19.5 Å². The maximum absolute atomic E-state index is 5.80. The van der Waals surface area contributed by atoms with Crippen LogP contribution in [0.25, 0.3) is 5.65 Å². The smallest absolute Gasteiger partial charge is 0.137 e. The fourth-order valence-corrected chi connectivity index (χ4v) is 3.43. The van der Waals surface area contributed by atoms with Gasteiger partial charge in [0.15, 0.2) is 0 Å². The molecule has 2 aromatic rings. The number of likely N-dealkylation sites (tertiary alicyclic amines) is 1. The molecule has 0 radical (unpaired) electrons. The van der Waals surface area contributed by atoms with Crippen LogP contribution in [0.4, 0.5) is 5.69 Å². The number of imidazole rings is 1. The van der Waals surface area contributed by atoms with E-state index < -0.39 is 0 Å². The minimum Gasteiger partial charge on any atom is -0.398 e. The van der Waals surface area contributed by atoms with E-state index >= 15 is 0 Å². The lowest BCUT2D eigenvalue weighted by atomic mass is 9.92. The number of anilines is 1. The summed E-state index contributed by atoms with van der Waals surface area (Å²) in [5.74, 6) is 1.64. The lowest BCUT2D eigenvalue weighted by molar-refractivity contribution is 0.142. The molecule has 2 atom stereocenters. The molecule has 0 aliphatic carbocycles. The number of hydrogen-bond acceptors (Lipinski definition) is 3. The highest BCUT2D eigenvalue weighted by molar-refractivity contribution is 5.48. The van der Waals surface area contributed by atoms with Crippen LogP contribution in [0.15, 0.2) is 24.5 Å². The molecule has 2 aromatic heterocycles. The fraction of sp³-hybridized carbons (Fsp3) is 0.562. The van der Waals surface area contributed by atoms with Gasteiger partial charge in [0.1, 0.15) is 5.65 Å². The zero-order valence-electron chi connectivity index (χ0n) is 12.4. The molecule has 0 amide bonds. The van der Waals surface area contributed by atoms with Crippen LogP contribution in [-0.2, 0) is 6.42 Å². The third kappa shape index (κ3) is 2.96. The van der Waals surface area contributed by atoms with Crippen LogP contribution in [0, 0.1) is 11.8 Å². The molecule has 1 aliphatic rings. The van der Waals surface area contributed by atoms with Crippen molar-refractivity contribution in [2.75, 3.05) is 25.4 Å². The maximum atomic E-state index is 5.80. The Labute approximate surface area is 120 Å². The van der Waals surface area contributed by atoms with Gasteiger partial charge < -0.3 is 15.0 Å². The highest BCUT2D eigenvalue weighted by Crippen LogP contribution is 2.21. The molecule has 0 aromatic carbocycles. The molecule has 0 bridgehead atoms. The molecule has 1 fully saturated rings. The van der Waals surface area contributed by atoms with E-state index in [1.807, 2.05) is 22.7 Å². The summed E-state index contributed by atoms with van der Waals surface area (Å²) in [6.45, 7) is 8.27. The number of aromatic nitrogens is 2. The Balaban J connectivity index is 1.64. The third-order valence-electron chi connectivity index (χ3n) is 4.15. The van der Waals surface area contributed by atoms with Crippen molar-refractivity contribution in [1.29, 1.82) is 0 Å². The van der Waals surface area contributed by atoms with E-state index in [9.17, 15) is 0 Å². The van der Waals surface area contributed by atoms with Crippen molar-refractivity contribution in [2.24, 2.45) is 11.8 Å². The van der Waals surface area contributed by atoms with Crippen molar-refractivity contribution < 1.29 is 0 Å². The molecule has 0 spiro atoms. The second-order valence-electron chi connectivity index (χ2n) is 6.42. The van der Waals surface area contributed by atoms with Gasteiger partial charge in [-0.25, -0.2) is 4.98 Å². The van der Waals surface area contributed by atoms with Gasteiger partial charge in [-0.3, -0.25) is 0 Å². The molecule has 1 aliphatic heterocycles. The normalized spacial score (nSPS) is 24.3. The van der Waals surface area contributed by atoms with Crippen molar-refractivity contribution in [3.63, 3.8) is 0 Å². The molecule has 3 rings (SSSR count). The van der Waals surface area contributed by atoms with Gasteiger partial charge in [0.2, 0.25) is 0 Å². The molecular formula is C16H24N4. The van der Waals surface area contributed by atoms with Crippen molar-refractivity contribution in [2.45, 2.75) is 26.7 Å². The first-order chi connectivity index (χ1) is 9.60. The first-order valence-electron chi connectivity index (χ1n) is 7.55. The van der Waals surface area contributed by atoms with Crippen LogP contribution in [0.5, 0.6) is 0 Å². The van der Waals surface area contributed by atoms with Crippen LogP contribution in [0.3, 0.4) is 0 Å². The molecule has 2 unspecified atom stereocenters. The first-order valence-corrected chi connectivity index (χ1v) is 7.55. The Bertz CT molecular complexity index is 579. The predicted molar refractivity (Wildman–Crippen MR) is 82.7 cm³/mol. The van der Waals surface area contributed by atoms with Crippen LogP contribution in [0.1, 0.15) is 26.0 Å². The maximum Gasteiger partial charge on any atom is 0.137 e. The van der Waals surface area contributed by atoms with Gasteiger partial charge in [-0.15, -0.1) is 0 Å². The van der Waals surface area contributed by atoms with Crippen molar-refractivity contribution in [1.82, 2.24) is 14.3 Å². The number of nitrogens with zero attached hydrogens (tertiary/aromatic N) is 3. The van der Waals surface area contributed by atoms with E-state index in [0.29, 0.717) is 0 Å². The number of nitrogens with two attached hydrogens (primary N) is 1. The van der Waals surface area contributed by atoms with Crippen molar-refractivity contribution in [3.8, 4) is 0 Å². The summed E-state index contributed by atoms with van der Waals surface area (Å²) in [5, 5.41) is 0. The van der Waals surface area contributed by atoms with Gasteiger partial charge in [-0.05, 0) is 30.4 Å². The molecule has 108 valence electrons. The van der Waals surface area contributed by atoms with Crippen molar-refractivity contribution in [3.05, 3.63) is 30.2 Å². The summed E-state index contributed by atoms with van der Waals surface area (Å²) in [7, 11) is 0. The number of fused-ring (bicyclic) bond motifs is 1. The third-order valence-corrected chi connectivity index (χ3v) is 4.15. The summed E-state index contributed by atoms with van der Waals surface area (Å²) < 4.78 is 2.02. The van der Waals surface area contributed by atoms with Crippen LogP contribution < -0.4 is 5.73 Å². The van der Waals surface area contributed by atoms with Gasteiger partial charge in [-0.1, -0.05) is 13.8 Å². The molecule has 1 saturated heterocycles. The van der Waals surface area contributed by atoms with Gasteiger partial charge >= 0.3 is 0 Å². The van der Waals surface area contributed by atoms with E-state index in [-0.39, 0.29) is 0 Å². The molecule has 20 heavy (non-hydrogen) atoms. The Morgan fingerprint density at radius 2 is 1.95 bits per heavy atom. The zero-order valence-corrected chi connectivity index (χ0v) is 12.4. The van der Waals surface area contributed by atoms with E-state index in [0.717, 1.165) is 41.8 Å². The summed E-state index contributed by atoms with van der Waals surface area (Å²) in [6.07, 6.45) is 6.41. The van der Waals surface area contributed by atoms with E-state index in [2.05, 4.69) is 29.9 Å². The Morgan fingerprint density at radius 1 is 1.20 bits per heavy atom. The quantitative estimate of drug-likeness (QED) is 0.933. The molecule has 4 nitrogen and oxygen atoms in total. The average molecular weight is 272 g/mol. The van der Waals surface area contributed by atoms with Crippen molar-refractivity contribution >= 4 is 11.3 Å². The lowest BCUT2D eigenvalue weighted by Crippen LogP contribution is -2.39. The molecule has 3 heterocycles. The summed E-state index contributed by atoms with van der Waals surface area (Å²) in [6, 6.07) is 3.88. The van der Waals surface area contributed by atoms with Gasteiger partial charge in [-0.2, -0.15) is 0 Å². The Morgan fingerprint density at radius 3 is 2.70 bits per heavy atom. The number of nitrogen functional groups attached to an aromatic ring is 1. The minimum absolute atomic E-state index is 0.778. The lowest BCUT2D eigenvalue weighted by Gasteiger charge is -2.34. The predicted octanol–water partition coefficient (Wildman–Crippen LogP) is 2.44. The zero-order chi connectivity index (χ0) is 14.1. The monoisotopic (exact) mass is 272 g/mol. The van der Waals surface area contributed by atoms with Crippen LogP contribution in [0.2, 0.25) is 0 Å². The Hall–Kier alpha value is -1.55. The topological polar surface area (TPSA) is 46.6 Å². The molecule has 0 saturated carbocycles. The van der Waals surface area contributed by atoms with E-state index in [1.54, 1.807) is 0 Å². The SMILES string of the molecule is CC1CC(C)CN(CCc2cn3cc(N)ccc3n2)C1. The minimum atomic E-state index is 0.778. The molecule has 4 heteroatoms. The number of hydrogen-bond donors (Lipinski definition) is 1. The average Bonchev–Trinajstić information content (AvgIpc) is 2.77. The second-order valence-corrected chi connectivity index (χ2v) is 6.42. The highest BCUT2D eigenvalue weighted by atomic mass is 15.1. The first kappa shape index (κ1) is 13.4. The van der Waals surface area contributed by atoms with Gasteiger partial charge in [0.25, 0.3) is 0 Å². The standard InChI is InChI=1S/C16H24N4/c1-12-7-13(2)9-19(8-12)6-5-15-11-20-10-14(17)3-4-16(20)18-15/h3-4,10-13H,5-9,17H2,1-2H3. The largest absolute Gasteiger partial charge is 0.398 e. The van der Waals surface area contributed by atoms with Gasteiger partial charge in [0.05, 0.1) is 5.69 Å². The summed E-state index contributed by atoms with van der Waals surface area (Å²) in [5.41, 5.74) is 8.71. The van der Waals surface area contributed by atoms with Crippen LogP contribution in [-0.4, -0.2) is 33.9 Å². The van der Waals surface area contributed by atoms with Crippen LogP contribution >= 0.6 is 0 Å². The Kier molecular flexibility index (Phi) is 3.66. The second kappa shape index (κ2) is 5.44. The number of rotatable bonds is 3. The number of pyridine rings is 1. The molecular weight excluding hydrogens is 248 g/mol. The fourth-order valence-electron chi connectivity index (χ4n) is 3.43. The summed E-state index contributed by atoms with van der Waals surface area (Å²) >= 11 is 0. The van der Waals surface area contributed by atoms with Gasteiger partial charge in [0, 0.05) is 44.1 Å². The summed E-state index contributed by atoms with van der Waals surface area (Å²) in [4.78, 5) is 7.24. The number of piperidine rings is 1. The van der Waals surface area contributed by atoms with E-state index in [4.69, 9.17) is 5.73 Å².